The SMILES string of the molecule is Cc1ccc(S(=O)(=O)O[C@H]2CCN(C(=O)OC(C)(C)C)C[C@H]2OS(=O)(=O)c2ccc(C)cc2)cc1. The summed E-state index contributed by atoms with van der Waals surface area (Å²) in [6, 6.07) is 12.2. The molecule has 0 saturated carbocycles. The minimum Gasteiger partial charge on any atom is -0.444 e. The van der Waals surface area contributed by atoms with Crippen molar-refractivity contribution in [1.82, 2.24) is 4.90 Å². The zero-order chi connectivity index (χ0) is 26.0. The van der Waals surface area contributed by atoms with Crippen LogP contribution in [0.2, 0.25) is 0 Å². The molecule has 0 N–H and O–H groups in total. The monoisotopic (exact) mass is 525 g/mol. The molecule has 9 nitrogen and oxygen atoms in total. The Kier molecular flexibility index (Phi) is 7.95. The van der Waals surface area contributed by atoms with Crippen LogP contribution in [0.1, 0.15) is 38.3 Å². The van der Waals surface area contributed by atoms with Crippen LogP contribution in [0, 0.1) is 13.8 Å². The van der Waals surface area contributed by atoms with E-state index < -0.39 is 44.1 Å². The molecule has 1 aliphatic rings. The summed E-state index contributed by atoms with van der Waals surface area (Å²) in [6.07, 6.45) is -3.04. The second-order valence-corrected chi connectivity index (χ2v) is 12.7. The Bertz CT molecular complexity index is 1250. The van der Waals surface area contributed by atoms with Gasteiger partial charge in [0.1, 0.15) is 17.8 Å². The molecule has 0 unspecified atom stereocenters. The van der Waals surface area contributed by atoms with Crippen LogP contribution in [0.5, 0.6) is 0 Å². The predicted molar refractivity (Wildman–Crippen MR) is 129 cm³/mol. The highest BCUT2D eigenvalue weighted by Crippen LogP contribution is 2.27. The van der Waals surface area contributed by atoms with Gasteiger partial charge in [-0.3, -0.25) is 8.37 Å². The van der Waals surface area contributed by atoms with Gasteiger partial charge >= 0.3 is 6.09 Å². The van der Waals surface area contributed by atoms with Gasteiger partial charge in [0, 0.05) is 6.54 Å². The van der Waals surface area contributed by atoms with Crippen LogP contribution >= 0.6 is 0 Å². The fraction of sp³-hybridized carbons (Fsp3) is 0.458. The molecule has 2 atom stereocenters. The maximum Gasteiger partial charge on any atom is 0.410 e. The quantitative estimate of drug-likeness (QED) is 0.523. The number of likely N-dealkylation sites (tertiary alicyclic amines) is 1. The third kappa shape index (κ3) is 7.26. The number of hydrogen-bond donors (Lipinski definition) is 0. The first-order valence-corrected chi connectivity index (χ1v) is 14.0. The summed E-state index contributed by atoms with van der Waals surface area (Å²) in [5.74, 6) is 0. The first-order valence-electron chi connectivity index (χ1n) is 11.1. The molecule has 2 aromatic rings. The zero-order valence-corrected chi connectivity index (χ0v) is 22.1. The molecule has 1 fully saturated rings. The van der Waals surface area contributed by atoms with Crippen molar-refractivity contribution in [1.29, 1.82) is 0 Å². The molecule has 11 heteroatoms. The van der Waals surface area contributed by atoms with Crippen molar-refractivity contribution in [2.24, 2.45) is 0 Å². The Morgan fingerprint density at radius 2 is 1.23 bits per heavy atom. The predicted octanol–water partition coefficient (Wildman–Crippen LogP) is 3.79. The standard InChI is InChI=1S/C24H31NO8S2/c1-17-6-10-19(11-7-17)34(27,28)32-21-14-15-25(23(26)31-24(3,4)5)16-22(21)33-35(29,30)20-12-8-18(2)9-13-20/h6-13,21-22H,14-16H2,1-5H3/t21-,22+/m0/s1. The van der Waals surface area contributed by atoms with E-state index in [0.717, 1.165) is 11.1 Å². The summed E-state index contributed by atoms with van der Waals surface area (Å²) in [4.78, 5) is 13.8. The van der Waals surface area contributed by atoms with Gasteiger partial charge in [-0.15, -0.1) is 0 Å². The molecule has 0 spiro atoms. The van der Waals surface area contributed by atoms with Gasteiger partial charge in [0.2, 0.25) is 0 Å². The molecule has 0 aliphatic carbocycles. The molecule has 0 radical (unpaired) electrons. The Morgan fingerprint density at radius 1 is 0.800 bits per heavy atom. The average molecular weight is 526 g/mol. The lowest BCUT2D eigenvalue weighted by atomic mass is 10.1. The molecule has 192 valence electrons. The molecule has 1 saturated heterocycles. The summed E-state index contributed by atoms with van der Waals surface area (Å²) in [5, 5.41) is 0. The van der Waals surface area contributed by atoms with Gasteiger partial charge < -0.3 is 9.64 Å². The third-order valence-corrected chi connectivity index (χ3v) is 7.97. The minimum absolute atomic E-state index is 0.0262. The smallest absolute Gasteiger partial charge is 0.410 e. The van der Waals surface area contributed by atoms with Gasteiger partial charge in [0.15, 0.2) is 0 Å². The van der Waals surface area contributed by atoms with Crippen molar-refractivity contribution >= 4 is 26.3 Å². The number of rotatable bonds is 6. The van der Waals surface area contributed by atoms with E-state index in [1.807, 2.05) is 13.8 Å². The number of amides is 1. The van der Waals surface area contributed by atoms with Crippen LogP contribution in [0.4, 0.5) is 4.79 Å². The number of hydrogen-bond acceptors (Lipinski definition) is 8. The van der Waals surface area contributed by atoms with E-state index in [2.05, 4.69) is 0 Å². The van der Waals surface area contributed by atoms with E-state index in [-0.39, 0.29) is 29.3 Å². The summed E-state index contributed by atoms with van der Waals surface area (Å²) >= 11 is 0. The lowest BCUT2D eigenvalue weighted by molar-refractivity contribution is -0.0241. The normalized spacial score (nSPS) is 19.4. The van der Waals surface area contributed by atoms with Crippen molar-refractivity contribution in [2.75, 3.05) is 13.1 Å². The van der Waals surface area contributed by atoms with Crippen LogP contribution in [-0.2, 0) is 33.3 Å². The summed E-state index contributed by atoms with van der Waals surface area (Å²) in [6.45, 7) is 8.65. The summed E-state index contributed by atoms with van der Waals surface area (Å²) in [7, 11) is -8.48. The Hall–Kier alpha value is -2.47. The zero-order valence-electron chi connectivity index (χ0n) is 20.4. The lowest BCUT2D eigenvalue weighted by Gasteiger charge is -2.37. The fourth-order valence-electron chi connectivity index (χ4n) is 3.44. The van der Waals surface area contributed by atoms with E-state index in [1.54, 1.807) is 45.0 Å². The third-order valence-electron chi connectivity index (χ3n) is 5.27. The Morgan fingerprint density at radius 3 is 1.66 bits per heavy atom. The van der Waals surface area contributed by atoms with E-state index in [9.17, 15) is 21.6 Å². The molecule has 0 aromatic heterocycles. The van der Waals surface area contributed by atoms with Gasteiger partial charge in [-0.1, -0.05) is 35.4 Å². The van der Waals surface area contributed by atoms with Crippen LogP contribution in [0.15, 0.2) is 58.3 Å². The number of ether oxygens (including phenoxy) is 1. The van der Waals surface area contributed by atoms with Crippen LogP contribution in [0.3, 0.4) is 0 Å². The van der Waals surface area contributed by atoms with Gasteiger partial charge in [-0.05, 0) is 65.3 Å². The van der Waals surface area contributed by atoms with E-state index in [1.165, 1.54) is 29.2 Å². The van der Waals surface area contributed by atoms with Crippen molar-refractivity contribution in [3.8, 4) is 0 Å². The number of carbonyl (C=O) groups is 1. The molecule has 0 bridgehead atoms. The van der Waals surface area contributed by atoms with E-state index in [4.69, 9.17) is 13.1 Å². The van der Waals surface area contributed by atoms with E-state index >= 15 is 0 Å². The van der Waals surface area contributed by atoms with Crippen molar-refractivity contribution in [2.45, 2.75) is 68.6 Å². The lowest BCUT2D eigenvalue weighted by Crippen LogP contribution is -2.53. The topological polar surface area (TPSA) is 116 Å². The van der Waals surface area contributed by atoms with E-state index in [0.29, 0.717) is 0 Å². The highest BCUT2D eigenvalue weighted by Gasteiger charge is 2.40. The first kappa shape index (κ1) is 27.1. The molecule has 1 heterocycles. The highest BCUT2D eigenvalue weighted by molar-refractivity contribution is 7.87. The molecule has 35 heavy (non-hydrogen) atoms. The molecule has 1 aliphatic heterocycles. The maximum atomic E-state index is 13.0. The van der Waals surface area contributed by atoms with Crippen molar-refractivity contribution in [3.63, 3.8) is 0 Å². The molecule has 2 aromatic carbocycles. The molecule has 3 rings (SSSR count). The molecular weight excluding hydrogens is 494 g/mol. The fourth-order valence-corrected chi connectivity index (χ4v) is 5.65. The van der Waals surface area contributed by atoms with Crippen LogP contribution < -0.4 is 0 Å². The average Bonchev–Trinajstić information content (AvgIpc) is 2.74. The number of carbonyl (C=O) groups excluding carboxylic acids is 1. The number of benzene rings is 2. The number of piperidine rings is 1. The number of aryl methyl sites for hydroxylation is 2. The van der Waals surface area contributed by atoms with Crippen LogP contribution in [0.25, 0.3) is 0 Å². The minimum atomic E-state index is -4.27. The van der Waals surface area contributed by atoms with Gasteiger partial charge in [-0.2, -0.15) is 16.8 Å². The largest absolute Gasteiger partial charge is 0.444 e. The number of nitrogens with zero attached hydrogens (tertiary/aromatic N) is 1. The van der Waals surface area contributed by atoms with Crippen molar-refractivity contribution < 1.29 is 34.7 Å². The maximum absolute atomic E-state index is 13.0. The first-order chi connectivity index (χ1) is 16.2. The molecular formula is C24H31NO8S2. The second kappa shape index (κ2) is 10.3. The van der Waals surface area contributed by atoms with Crippen LogP contribution in [-0.4, -0.2) is 58.7 Å². The highest BCUT2D eigenvalue weighted by atomic mass is 32.2. The Labute approximate surface area is 207 Å². The summed E-state index contributed by atoms with van der Waals surface area (Å²) < 4.78 is 68.1. The summed E-state index contributed by atoms with van der Waals surface area (Å²) in [5.41, 5.74) is 0.979. The molecule has 1 amide bonds. The van der Waals surface area contributed by atoms with Crippen molar-refractivity contribution in [3.05, 3.63) is 59.7 Å². The van der Waals surface area contributed by atoms with Gasteiger partial charge in [0.25, 0.3) is 20.2 Å². The van der Waals surface area contributed by atoms with Gasteiger partial charge in [-0.25, -0.2) is 4.79 Å². The van der Waals surface area contributed by atoms with Gasteiger partial charge in [0.05, 0.1) is 16.3 Å². The second-order valence-electron chi connectivity index (χ2n) is 9.52. The Balaban J connectivity index is 1.87.